The lowest BCUT2D eigenvalue weighted by Gasteiger charge is -2.23. The van der Waals surface area contributed by atoms with Crippen molar-refractivity contribution in [2.75, 3.05) is 12.3 Å². The zero-order valence-electron chi connectivity index (χ0n) is 7.78. The molecule has 0 saturated carbocycles. The molecule has 0 aliphatic carbocycles. The molecule has 0 bridgehead atoms. The average Bonchev–Trinajstić information content (AvgIpc) is 2.09. The van der Waals surface area contributed by atoms with Crippen molar-refractivity contribution in [3.8, 4) is 0 Å². The molecule has 0 radical (unpaired) electrons. The van der Waals surface area contributed by atoms with Crippen molar-refractivity contribution in [1.82, 2.24) is 4.31 Å². The van der Waals surface area contributed by atoms with E-state index in [-0.39, 0.29) is 6.04 Å². The van der Waals surface area contributed by atoms with Crippen LogP contribution in [0.2, 0.25) is 0 Å². The fraction of sp³-hybridized carbons (Fsp3) is 1.00. The lowest BCUT2D eigenvalue weighted by molar-refractivity contribution is 0.356. The molecule has 1 heterocycles. The van der Waals surface area contributed by atoms with Gasteiger partial charge < -0.3 is 0 Å². The molecule has 4 heteroatoms. The molecular weight excluding hydrogens is 174 g/mol. The third kappa shape index (κ3) is 2.20. The van der Waals surface area contributed by atoms with Crippen molar-refractivity contribution in [2.24, 2.45) is 0 Å². The van der Waals surface area contributed by atoms with E-state index in [0.717, 1.165) is 19.3 Å². The summed E-state index contributed by atoms with van der Waals surface area (Å²) in [6.07, 6.45) is 2.88. The Morgan fingerprint density at radius 2 is 1.83 bits per heavy atom. The van der Waals surface area contributed by atoms with Gasteiger partial charge in [0.25, 0.3) is 0 Å². The van der Waals surface area contributed by atoms with E-state index in [1.54, 1.807) is 4.31 Å². The summed E-state index contributed by atoms with van der Waals surface area (Å²) in [7, 11) is -2.93. The Morgan fingerprint density at radius 1 is 1.17 bits per heavy atom. The van der Waals surface area contributed by atoms with Gasteiger partial charge in [0.2, 0.25) is 10.0 Å². The summed E-state index contributed by atoms with van der Waals surface area (Å²) in [6.45, 7) is 4.58. The smallest absolute Gasteiger partial charge is 0.212 e. The minimum Gasteiger partial charge on any atom is -0.212 e. The quantitative estimate of drug-likeness (QED) is 0.624. The molecular formula is C8H17NO2S. The van der Waals surface area contributed by atoms with Gasteiger partial charge in [0.15, 0.2) is 0 Å². The number of nitrogens with zero attached hydrogens (tertiary/aromatic N) is 1. The fourth-order valence-electron chi connectivity index (χ4n) is 1.56. The van der Waals surface area contributed by atoms with E-state index in [2.05, 4.69) is 0 Å². The van der Waals surface area contributed by atoms with Crippen molar-refractivity contribution in [3.05, 3.63) is 0 Å². The summed E-state index contributed by atoms with van der Waals surface area (Å²) in [6, 6.07) is 0.119. The minimum atomic E-state index is -2.93. The van der Waals surface area contributed by atoms with Crippen molar-refractivity contribution in [3.63, 3.8) is 0 Å². The summed E-state index contributed by atoms with van der Waals surface area (Å²) >= 11 is 0. The molecule has 1 rings (SSSR count). The standard InChI is InChI=1S/C8H17NO2S/c1-8(2)9-6-4-3-5-7-12(9,10)11/h8H,3-7H2,1-2H3. The van der Waals surface area contributed by atoms with E-state index in [4.69, 9.17) is 0 Å². The lowest BCUT2D eigenvalue weighted by Crippen LogP contribution is -2.37. The molecule has 0 amide bonds. The van der Waals surface area contributed by atoms with E-state index in [9.17, 15) is 8.42 Å². The van der Waals surface area contributed by atoms with E-state index in [0.29, 0.717) is 12.3 Å². The summed E-state index contributed by atoms with van der Waals surface area (Å²) in [5.41, 5.74) is 0. The average molecular weight is 191 g/mol. The predicted molar refractivity (Wildman–Crippen MR) is 49.5 cm³/mol. The Morgan fingerprint density at radius 3 is 2.42 bits per heavy atom. The van der Waals surface area contributed by atoms with Crippen molar-refractivity contribution >= 4 is 10.0 Å². The molecule has 72 valence electrons. The first-order chi connectivity index (χ1) is 5.54. The zero-order chi connectivity index (χ0) is 9.19. The maximum atomic E-state index is 11.6. The molecule has 12 heavy (non-hydrogen) atoms. The van der Waals surface area contributed by atoms with E-state index >= 15 is 0 Å². The van der Waals surface area contributed by atoms with Gasteiger partial charge in [-0.2, -0.15) is 4.31 Å². The second kappa shape index (κ2) is 3.75. The largest absolute Gasteiger partial charge is 0.214 e. The van der Waals surface area contributed by atoms with Crippen LogP contribution in [0.5, 0.6) is 0 Å². The second-order valence-electron chi connectivity index (χ2n) is 3.58. The molecule has 0 aromatic heterocycles. The van der Waals surface area contributed by atoms with Crippen LogP contribution in [0.15, 0.2) is 0 Å². The summed E-state index contributed by atoms with van der Waals surface area (Å²) in [5.74, 6) is 0.338. The Hall–Kier alpha value is -0.0900. The molecule has 0 aromatic carbocycles. The zero-order valence-corrected chi connectivity index (χ0v) is 8.60. The number of sulfonamides is 1. The van der Waals surface area contributed by atoms with Crippen LogP contribution in [0.25, 0.3) is 0 Å². The van der Waals surface area contributed by atoms with Gasteiger partial charge in [-0.1, -0.05) is 6.42 Å². The first kappa shape index (κ1) is 9.99. The maximum absolute atomic E-state index is 11.6. The molecule has 3 nitrogen and oxygen atoms in total. The van der Waals surface area contributed by atoms with Crippen LogP contribution in [0.1, 0.15) is 33.1 Å². The van der Waals surface area contributed by atoms with Gasteiger partial charge in [-0.05, 0) is 26.7 Å². The molecule has 0 N–H and O–H groups in total. The highest BCUT2D eigenvalue weighted by atomic mass is 32.2. The van der Waals surface area contributed by atoms with Crippen LogP contribution in [-0.2, 0) is 10.0 Å². The van der Waals surface area contributed by atoms with Crippen LogP contribution < -0.4 is 0 Å². The molecule has 1 saturated heterocycles. The van der Waals surface area contributed by atoms with Crippen molar-refractivity contribution in [1.29, 1.82) is 0 Å². The highest BCUT2D eigenvalue weighted by Gasteiger charge is 2.25. The molecule has 1 fully saturated rings. The molecule has 0 unspecified atom stereocenters. The molecule has 0 spiro atoms. The highest BCUT2D eigenvalue weighted by Crippen LogP contribution is 2.15. The Balaban J connectivity index is 2.80. The third-order valence-corrected chi connectivity index (χ3v) is 4.34. The molecule has 1 aliphatic heterocycles. The Kier molecular flexibility index (Phi) is 3.12. The van der Waals surface area contributed by atoms with Crippen LogP contribution in [0.3, 0.4) is 0 Å². The van der Waals surface area contributed by atoms with E-state index in [1.165, 1.54) is 0 Å². The van der Waals surface area contributed by atoms with Gasteiger partial charge in [-0.15, -0.1) is 0 Å². The van der Waals surface area contributed by atoms with Gasteiger partial charge in [-0.25, -0.2) is 8.42 Å². The third-order valence-electron chi connectivity index (χ3n) is 2.21. The summed E-state index contributed by atoms with van der Waals surface area (Å²) < 4.78 is 24.8. The van der Waals surface area contributed by atoms with Crippen LogP contribution >= 0.6 is 0 Å². The second-order valence-corrected chi connectivity index (χ2v) is 5.62. The first-order valence-corrected chi connectivity index (χ1v) is 6.14. The van der Waals surface area contributed by atoms with Crippen LogP contribution in [-0.4, -0.2) is 31.1 Å². The highest BCUT2D eigenvalue weighted by molar-refractivity contribution is 7.89. The normalized spacial score (nSPS) is 25.6. The first-order valence-electron chi connectivity index (χ1n) is 4.53. The summed E-state index contributed by atoms with van der Waals surface area (Å²) in [5, 5.41) is 0. The fourth-order valence-corrected chi connectivity index (χ4v) is 3.42. The lowest BCUT2D eigenvalue weighted by atomic mass is 10.2. The predicted octanol–water partition coefficient (Wildman–Crippen LogP) is 1.21. The molecule has 0 aromatic rings. The molecule has 1 aliphatic rings. The monoisotopic (exact) mass is 191 g/mol. The van der Waals surface area contributed by atoms with E-state index < -0.39 is 10.0 Å². The number of rotatable bonds is 1. The van der Waals surface area contributed by atoms with Crippen LogP contribution in [0, 0.1) is 0 Å². The van der Waals surface area contributed by atoms with Gasteiger partial charge in [-0.3, -0.25) is 0 Å². The Bertz CT molecular complexity index is 233. The Labute approximate surface area is 74.8 Å². The van der Waals surface area contributed by atoms with E-state index in [1.807, 2.05) is 13.8 Å². The minimum absolute atomic E-state index is 0.119. The summed E-state index contributed by atoms with van der Waals surface area (Å²) in [4.78, 5) is 0. The van der Waals surface area contributed by atoms with Crippen LogP contribution in [0.4, 0.5) is 0 Å². The van der Waals surface area contributed by atoms with Gasteiger partial charge >= 0.3 is 0 Å². The maximum Gasteiger partial charge on any atom is 0.214 e. The molecule has 0 atom stereocenters. The SMILES string of the molecule is CC(C)N1CCCCCS1(=O)=O. The van der Waals surface area contributed by atoms with Crippen molar-refractivity contribution in [2.45, 2.75) is 39.2 Å². The van der Waals surface area contributed by atoms with Gasteiger partial charge in [0, 0.05) is 12.6 Å². The number of hydrogen-bond donors (Lipinski definition) is 0. The van der Waals surface area contributed by atoms with Gasteiger partial charge in [0.1, 0.15) is 0 Å². The van der Waals surface area contributed by atoms with Gasteiger partial charge in [0.05, 0.1) is 5.75 Å². The topological polar surface area (TPSA) is 37.4 Å². The number of hydrogen-bond acceptors (Lipinski definition) is 2. The van der Waals surface area contributed by atoms with Crippen molar-refractivity contribution < 1.29 is 8.42 Å².